The number of amides is 2. The second kappa shape index (κ2) is 6.26. The number of carbonyl (C=O) groups excluding carboxylic acids is 2. The fourth-order valence-corrected chi connectivity index (χ4v) is 2.73. The summed E-state index contributed by atoms with van der Waals surface area (Å²) in [7, 11) is 0. The van der Waals surface area contributed by atoms with Crippen LogP contribution in [-0.4, -0.2) is 41.2 Å². The van der Waals surface area contributed by atoms with Crippen molar-refractivity contribution in [1.82, 2.24) is 10.3 Å². The SMILES string of the molecule is CC(C)(C)OC(=O)N[C@@]1(C)CCN(c2c(F)cncc2C(N)=O)C1. The van der Waals surface area contributed by atoms with E-state index < -0.39 is 29.0 Å². The minimum atomic E-state index is -0.745. The number of anilines is 1. The molecule has 24 heavy (non-hydrogen) atoms. The molecule has 0 aliphatic carbocycles. The summed E-state index contributed by atoms with van der Waals surface area (Å²) in [6, 6.07) is 0. The average molecular weight is 338 g/mol. The van der Waals surface area contributed by atoms with Gasteiger partial charge in [-0.25, -0.2) is 9.18 Å². The monoisotopic (exact) mass is 338 g/mol. The second-order valence-corrected chi connectivity index (χ2v) is 7.24. The first kappa shape index (κ1) is 18.0. The predicted octanol–water partition coefficient (Wildman–Crippen LogP) is 1.81. The lowest BCUT2D eigenvalue weighted by Crippen LogP contribution is -2.49. The van der Waals surface area contributed by atoms with Gasteiger partial charge in [-0.1, -0.05) is 0 Å². The number of halogens is 1. The Balaban J connectivity index is 2.16. The average Bonchev–Trinajstić information content (AvgIpc) is 2.77. The summed E-state index contributed by atoms with van der Waals surface area (Å²) < 4.78 is 19.4. The van der Waals surface area contributed by atoms with Crippen LogP contribution in [0.5, 0.6) is 0 Å². The number of nitrogens with zero attached hydrogens (tertiary/aromatic N) is 2. The number of nitrogens with two attached hydrogens (primary N) is 1. The predicted molar refractivity (Wildman–Crippen MR) is 87.3 cm³/mol. The number of hydrogen-bond donors (Lipinski definition) is 2. The van der Waals surface area contributed by atoms with E-state index in [1.807, 2.05) is 6.92 Å². The lowest BCUT2D eigenvalue weighted by atomic mass is 10.0. The second-order valence-electron chi connectivity index (χ2n) is 7.24. The zero-order valence-electron chi connectivity index (χ0n) is 14.4. The Morgan fingerprint density at radius 3 is 2.67 bits per heavy atom. The number of rotatable bonds is 3. The molecule has 1 atom stereocenters. The summed E-state index contributed by atoms with van der Waals surface area (Å²) in [6.07, 6.45) is 2.33. The molecule has 0 unspecified atom stereocenters. The highest BCUT2D eigenvalue weighted by atomic mass is 19.1. The fraction of sp³-hybridized carbons (Fsp3) is 0.562. The summed E-state index contributed by atoms with van der Waals surface area (Å²) in [6.45, 7) is 7.98. The Hall–Kier alpha value is -2.38. The van der Waals surface area contributed by atoms with E-state index in [-0.39, 0.29) is 11.3 Å². The summed E-state index contributed by atoms with van der Waals surface area (Å²) in [5.41, 5.74) is 4.24. The zero-order valence-corrected chi connectivity index (χ0v) is 14.4. The molecule has 132 valence electrons. The maximum atomic E-state index is 14.2. The van der Waals surface area contributed by atoms with Crippen LogP contribution in [0.2, 0.25) is 0 Å². The third-order valence-electron chi connectivity index (χ3n) is 3.73. The third-order valence-corrected chi connectivity index (χ3v) is 3.73. The molecular weight excluding hydrogens is 315 g/mol. The summed E-state index contributed by atoms with van der Waals surface area (Å²) >= 11 is 0. The first-order chi connectivity index (χ1) is 11.0. The van der Waals surface area contributed by atoms with E-state index >= 15 is 0 Å². The van der Waals surface area contributed by atoms with Crippen LogP contribution in [0.4, 0.5) is 14.9 Å². The van der Waals surface area contributed by atoms with Crippen molar-refractivity contribution in [3.63, 3.8) is 0 Å². The Morgan fingerprint density at radius 2 is 2.08 bits per heavy atom. The molecule has 0 saturated carbocycles. The first-order valence-electron chi connectivity index (χ1n) is 7.70. The highest BCUT2D eigenvalue weighted by Gasteiger charge is 2.38. The van der Waals surface area contributed by atoms with Crippen LogP contribution in [0.15, 0.2) is 12.4 Å². The normalized spacial score (nSPS) is 20.8. The van der Waals surface area contributed by atoms with Gasteiger partial charge in [-0.2, -0.15) is 0 Å². The highest BCUT2D eigenvalue weighted by Crippen LogP contribution is 2.31. The van der Waals surface area contributed by atoms with E-state index in [1.54, 1.807) is 25.7 Å². The van der Waals surface area contributed by atoms with Gasteiger partial charge in [0.05, 0.1) is 23.0 Å². The van der Waals surface area contributed by atoms with Crippen LogP contribution >= 0.6 is 0 Å². The molecule has 0 bridgehead atoms. The number of primary amides is 1. The van der Waals surface area contributed by atoms with Gasteiger partial charge in [-0.05, 0) is 34.1 Å². The standard InChI is InChI=1S/C16H23FN4O3/c1-15(2,3)24-14(23)20-16(4)5-6-21(9-16)12-10(13(18)22)7-19-8-11(12)17/h7-8H,5-6,9H2,1-4H3,(H2,18,22)(H,20,23)/t16-/m0/s1. The van der Waals surface area contributed by atoms with E-state index in [2.05, 4.69) is 10.3 Å². The maximum absolute atomic E-state index is 14.2. The molecule has 2 amide bonds. The summed E-state index contributed by atoms with van der Waals surface area (Å²) in [5, 5.41) is 2.82. The molecule has 3 N–H and O–H groups in total. The smallest absolute Gasteiger partial charge is 0.408 e. The lowest BCUT2D eigenvalue weighted by molar-refractivity contribution is 0.0473. The van der Waals surface area contributed by atoms with Crippen molar-refractivity contribution in [2.45, 2.75) is 45.3 Å². The molecule has 1 fully saturated rings. The quantitative estimate of drug-likeness (QED) is 0.876. The number of pyridine rings is 1. The maximum Gasteiger partial charge on any atom is 0.408 e. The number of aromatic nitrogens is 1. The molecule has 8 heteroatoms. The Kier molecular flexibility index (Phi) is 4.68. The number of carbonyl (C=O) groups is 2. The van der Waals surface area contributed by atoms with Crippen molar-refractivity contribution in [2.24, 2.45) is 5.73 Å². The molecular formula is C16H23FN4O3. The van der Waals surface area contributed by atoms with Crippen LogP contribution < -0.4 is 16.0 Å². The van der Waals surface area contributed by atoms with Gasteiger partial charge in [0.25, 0.3) is 5.91 Å². The van der Waals surface area contributed by atoms with Crippen molar-refractivity contribution in [3.8, 4) is 0 Å². The van der Waals surface area contributed by atoms with Crippen LogP contribution in [-0.2, 0) is 4.74 Å². The minimum absolute atomic E-state index is 0.0246. The fourth-order valence-electron chi connectivity index (χ4n) is 2.73. The molecule has 2 rings (SSSR count). The largest absolute Gasteiger partial charge is 0.444 e. The highest BCUT2D eigenvalue weighted by molar-refractivity contribution is 5.98. The third kappa shape index (κ3) is 4.12. The number of hydrogen-bond acceptors (Lipinski definition) is 5. The van der Waals surface area contributed by atoms with Crippen molar-refractivity contribution in [3.05, 3.63) is 23.8 Å². The number of alkyl carbamates (subject to hydrolysis) is 1. The van der Waals surface area contributed by atoms with Gasteiger partial charge in [0, 0.05) is 19.3 Å². The molecule has 0 aromatic carbocycles. The topological polar surface area (TPSA) is 97.6 Å². The van der Waals surface area contributed by atoms with E-state index in [0.29, 0.717) is 19.5 Å². The van der Waals surface area contributed by atoms with E-state index in [9.17, 15) is 14.0 Å². The van der Waals surface area contributed by atoms with Gasteiger partial charge in [-0.15, -0.1) is 0 Å². The molecule has 0 spiro atoms. The van der Waals surface area contributed by atoms with Crippen molar-refractivity contribution in [1.29, 1.82) is 0 Å². The van der Waals surface area contributed by atoms with Gasteiger partial charge in [0.2, 0.25) is 0 Å². The number of nitrogens with one attached hydrogen (secondary N) is 1. The Morgan fingerprint density at radius 1 is 1.42 bits per heavy atom. The van der Waals surface area contributed by atoms with Crippen molar-refractivity contribution < 1.29 is 18.7 Å². The van der Waals surface area contributed by atoms with E-state index in [4.69, 9.17) is 10.5 Å². The molecule has 1 aromatic heterocycles. The van der Waals surface area contributed by atoms with E-state index in [1.165, 1.54) is 6.20 Å². The molecule has 1 aromatic rings. The van der Waals surface area contributed by atoms with Crippen molar-refractivity contribution in [2.75, 3.05) is 18.0 Å². The molecule has 7 nitrogen and oxygen atoms in total. The molecule has 1 aliphatic rings. The Bertz CT molecular complexity index is 659. The van der Waals surface area contributed by atoms with Gasteiger partial charge in [0.1, 0.15) is 5.60 Å². The van der Waals surface area contributed by atoms with Crippen LogP contribution in [0.1, 0.15) is 44.5 Å². The lowest BCUT2D eigenvalue weighted by Gasteiger charge is -2.29. The molecule has 1 aliphatic heterocycles. The van der Waals surface area contributed by atoms with Gasteiger partial charge < -0.3 is 20.7 Å². The zero-order chi connectivity index (χ0) is 18.1. The van der Waals surface area contributed by atoms with Gasteiger partial charge >= 0.3 is 6.09 Å². The van der Waals surface area contributed by atoms with Crippen LogP contribution in [0, 0.1) is 5.82 Å². The molecule has 2 heterocycles. The summed E-state index contributed by atoms with van der Waals surface area (Å²) in [4.78, 5) is 28.9. The molecule has 0 radical (unpaired) electrons. The van der Waals surface area contributed by atoms with Crippen LogP contribution in [0.25, 0.3) is 0 Å². The number of ether oxygens (including phenoxy) is 1. The van der Waals surface area contributed by atoms with Crippen molar-refractivity contribution >= 4 is 17.7 Å². The summed E-state index contributed by atoms with van der Waals surface area (Å²) in [5.74, 6) is -1.36. The van der Waals surface area contributed by atoms with Gasteiger partial charge in [-0.3, -0.25) is 9.78 Å². The Labute approximate surface area is 140 Å². The van der Waals surface area contributed by atoms with E-state index in [0.717, 1.165) is 6.20 Å². The molecule has 1 saturated heterocycles. The van der Waals surface area contributed by atoms with Crippen LogP contribution in [0.3, 0.4) is 0 Å². The minimum Gasteiger partial charge on any atom is -0.444 e. The van der Waals surface area contributed by atoms with Gasteiger partial charge in [0.15, 0.2) is 5.82 Å². The first-order valence-corrected chi connectivity index (χ1v) is 7.70.